The predicted molar refractivity (Wildman–Crippen MR) is 81.9 cm³/mol. The van der Waals surface area contributed by atoms with E-state index in [0.29, 0.717) is 0 Å². The number of anilines is 1. The van der Waals surface area contributed by atoms with E-state index in [9.17, 15) is 12.8 Å². The zero-order chi connectivity index (χ0) is 14.9. The molecule has 0 bridgehead atoms. The van der Waals surface area contributed by atoms with Gasteiger partial charge in [0.2, 0.25) is 10.0 Å². The fourth-order valence-corrected chi connectivity index (χ4v) is 3.87. The van der Waals surface area contributed by atoms with Crippen LogP contribution in [-0.4, -0.2) is 8.42 Å². The van der Waals surface area contributed by atoms with Crippen LogP contribution in [0.4, 0.5) is 10.1 Å². The van der Waals surface area contributed by atoms with Gasteiger partial charge in [0.15, 0.2) is 5.82 Å². The number of hydrogen-bond acceptors (Lipinski definition) is 4. The number of thiophene rings is 1. The van der Waals surface area contributed by atoms with E-state index in [0.717, 1.165) is 10.9 Å². The molecule has 0 spiro atoms. The van der Waals surface area contributed by atoms with Gasteiger partial charge in [0.25, 0.3) is 0 Å². The van der Waals surface area contributed by atoms with Crippen LogP contribution >= 0.6 is 38.9 Å². The largest absolute Gasteiger partial charge is 0.395 e. The first kappa shape index (κ1) is 15.7. The Bertz CT molecular complexity index is 735. The Hall–Kier alpha value is -0.670. The number of sulfonamides is 1. The molecular formula is C11H9BrClFN2O2S2. The number of benzene rings is 1. The van der Waals surface area contributed by atoms with Gasteiger partial charge in [-0.05, 0) is 33.4 Å². The Kier molecular flexibility index (Phi) is 4.70. The number of nitrogen functional groups attached to an aromatic ring is 1. The fraction of sp³-hybridized carbons (Fsp3) is 0.0909. The number of nitrogens with one attached hydrogen (secondary N) is 1. The van der Waals surface area contributed by atoms with Crippen molar-refractivity contribution in [1.82, 2.24) is 4.72 Å². The molecule has 0 saturated heterocycles. The predicted octanol–water partition coefficient (Wildman–Crippen LogP) is 3.36. The number of hydrogen-bond donors (Lipinski definition) is 2. The molecule has 0 radical (unpaired) electrons. The summed E-state index contributed by atoms with van der Waals surface area (Å²) in [4.78, 5) is 0.241. The van der Waals surface area contributed by atoms with Gasteiger partial charge in [-0.1, -0.05) is 17.7 Å². The van der Waals surface area contributed by atoms with Crippen molar-refractivity contribution in [3.63, 3.8) is 0 Å². The Morgan fingerprint density at radius 2 is 2.20 bits per heavy atom. The number of nitrogens with two attached hydrogens (primary N) is 1. The smallest absolute Gasteiger partial charge is 0.243 e. The van der Waals surface area contributed by atoms with Crippen LogP contribution in [0.15, 0.2) is 32.9 Å². The summed E-state index contributed by atoms with van der Waals surface area (Å²) in [5.74, 6) is -1.03. The van der Waals surface area contributed by atoms with Crippen molar-refractivity contribution < 1.29 is 12.8 Å². The van der Waals surface area contributed by atoms with Gasteiger partial charge in [0.05, 0.1) is 15.2 Å². The Labute approximate surface area is 132 Å². The van der Waals surface area contributed by atoms with Crippen molar-refractivity contribution in [3.05, 3.63) is 43.8 Å². The van der Waals surface area contributed by atoms with Gasteiger partial charge in [-0.2, -0.15) is 0 Å². The monoisotopic (exact) mass is 398 g/mol. The van der Waals surface area contributed by atoms with E-state index in [1.807, 2.05) is 5.38 Å². The quantitative estimate of drug-likeness (QED) is 0.611. The van der Waals surface area contributed by atoms with Crippen molar-refractivity contribution in [2.24, 2.45) is 0 Å². The zero-order valence-electron chi connectivity index (χ0n) is 9.86. The zero-order valence-corrected chi connectivity index (χ0v) is 13.8. The highest BCUT2D eigenvalue weighted by Gasteiger charge is 2.24. The fourth-order valence-electron chi connectivity index (χ4n) is 1.45. The van der Waals surface area contributed by atoms with E-state index >= 15 is 0 Å². The summed E-state index contributed by atoms with van der Waals surface area (Å²) in [7, 11) is -4.03. The van der Waals surface area contributed by atoms with Crippen LogP contribution in [-0.2, 0) is 16.6 Å². The molecule has 0 aliphatic rings. The molecule has 9 heteroatoms. The lowest BCUT2D eigenvalue weighted by molar-refractivity contribution is 0.558. The first-order chi connectivity index (χ1) is 9.33. The molecule has 1 aromatic heterocycles. The maximum absolute atomic E-state index is 14.0. The van der Waals surface area contributed by atoms with Crippen LogP contribution in [0.25, 0.3) is 0 Å². The van der Waals surface area contributed by atoms with E-state index in [1.165, 1.54) is 11.3 Å². The highest BCUT2D eigenvalue weighted by Crippen LogP contribution is 2.34. The molecule has 2 aromatic rings. The molecule has 2 rings (SSSR count). The average Bonchev–Trinajstić information content (AvgIpc) is 2.91. The second-order valence-corrected chi connectivity index (χ2v) is 7.77. The lowest BCUT2D eigenvalue weighted by Gasteiger charge is -2.10. The molecule has 1 aromatic carbocycles. The third kappa shape index (κ3) is 3.15. The number of rotatable bonds is 4. The van der Waals surface area contributed by atoms with Gasteiger partial charge >= 0.3 is 0 Å². The normalized spacial score (nSPS) is 11.8. The molecule has 0 aliphatic heterocycles. The third-order valence-corrected chi connectivity index (χ3v) is 6.12. The first-order valence-electron chi connectivity index (χ1n) is 5.28. The van der Waals surface area contributed by atoms with Gasteiger partial charge < -0.3 is 5.73 Å². The van der Waals surface area contributed by atoms with Crippen molar-refractivity contribution in [1.29, 1.82) is 0 Å². The summed E-state index contributed by atoms with van der Waals surface area (Å²) >= 11 is 10.2. The summed E-state index contributed by atoms with van der Waals surface area (Å²) in [6, 6.07) is 4.59. The summed E-state index contributed by atoms with van der Waals surface area (Å²) in [6.45, 7) is 0.0764. The van der Waals surface area contributed by atoms with Gasteiger partial charge in [0, 0.05) is 11.4 Å². The molecule has 4 nitrogen and oxygen atoms in total. The minimum atomic E-state index is -4.03. The molecule has 0 unspecified atom stereocenters. The molecule has 0 atom stereocenters. The number of halogens is 3. The van der Waals surface area contributed by atoms with Crippen molar-refractivity contribution >= 4 is 54.6 Å². The topological polar surface area (TPSA) is 72.2 Å². The minimum absolute atomic E-state index is 0.0281. The van der Waals surface area contributed by atoms with Gasteiger partial charge in [-0.25, -0.2) is 17.5 Å². The van der Waals surface area contributed by atoms with Crippen molar-refractivity contribution in [2.75, 3.05) is 5.73 Å². The third-order valence-electron chi connectivity index (χ3n) is 2.46. The van der Waals surface area contributed by atoms with Crippen LogP contribution in [0, 0.1) is 5.82 Å². The Morgan fingerprint density at radius 1 is 1.50 bits per heavy atom. The Balaban J connectivity index is 2.35. The molecular weight excluding hydrogens is 391 g/mol. The lowest BCUT2D eigenvalue weighted by Crippen LogP contribution is -2.24. The van der Waals surface area contributed by atoms with Crippen LogP contribution in [0.1, 0.15) is 4.88 Å². The maximum atomic E-state index is 14.0. The first-order valence-corrected chi connectivity index (χ1v) is 8.81. The van der Waals surface area contributed by atoms with Gasteiger partial charge in [0.1, 0.15) is 4.90 Å². The highest BCUT2D eigenvalue weighted by atomic mass is 79.9. The summed E-state index contributed by atoms with van der Waals surface area (Å²) in [5.41, 5.74) is 5.14. The second-order valence-electron chi connectivity index (χ2n) is 3.80. The molecule has 0 amide bonds. The Morgan fingerprint density at radius 3 is 2.80 bits per heavy atom. The highest BCUT2D eigenvalue weighted by molar-refractivity contribution is 9.10. The second kappa shape index (κ2) is 5.98. The van der Waals surface area contributed by atoms with Crippen molar-refractivity contribution in [3.8, 4) is 0 Å². The van der Waals surface area contributed by atoms with E-state index in [1.54, 1.807) is 12.1 Å². The van der Waals surface area contributed by atoms with Crippen LogP contribution in [0.2, 0.25) is 5.02 Å². The minimum Gasteiger partial charge on any atom is -0.395 e. The molecule has 108 valence electrons. The molecule has 1 heterocycles. The maximum Gasteiger partial charge on any atom is 0.243 e. The molecule has 20 heavy (non-hydrogen) atoms. The standard InChI is InChI=1S/C11H9BrClFN2O2S2/c12-9-7(13)4-8(10(14)11(9)15)20(17,18)16-5-6-2-1-3-19-6/h1-4,16H,5,15H2. The van der Waals surface area contributed by atoms with Gasteiger partial charge in [-0.15, -0.1) is 11.3 Å². The van der Waals surface area contributed by atoms with E-state index in [2.05, 4.69) is 20.7 Å². The summed E-state index contributed by atoms with van der Waals surface area (Å²) in [5, 5.41) is 1.85. The van der Waals surface area contributed by atoms with Crippen LogP contribution in [0.3, 0.4) is 0 Å². The molecule has 0 saturated carbocycles. The van der Waals surface area contributed by atoms with Gasteiger partial charge in [-0.3, -0.25) is 0 Å². The van der Waals surface area contributed by atoms with Crippen LogP contribution < -0.4 is 10.5 Å². The van der Waals surface area contributed by atoms with Crippen molar-refractivity contribution in [2.45, 2.75) is 11.4 Å². The average molecular weight is 400 g/mol. The molecule has 0 aliphatic carbocycles. The summed E-state index contributed by atoms with van der Waals surface area (Å²) in [6.07, 6.45) is 0. The summed E-state index contributed by atoms with van der Waals surface area (Å²) < 4.78 is 40.6. The van der Waals surface area contributed by atoms with Crippen LogP contribution in [0.5, 0.6) is 0 Å². The van der Waals surface area contributed by atoms with E-state index in [-0.39, 0.29) is 21.7 Å². The van der Waals surface area contributed by atoms with E-state index in [4.69, 9.17) is 17.3 Å². The van der Waals surface area contributed by atoms with E-state index < -0.39 is 20.7 Å². The molecule has 3 N–H and O–H groups in total. The SMILES string of the molecule is Nc1c(F)c(S(=O)(=O)NCc2cccs2)cc(Cl)c1Br. The molecule has 0 fully saturated rings. The lowest BCUT2D eigenvalue weighted by atomic mass is 10.3.